The molecular weight excluding hydrogens is 624 g/mol. The summed E-state index contributed by atoms with van der Waals surface area (Å²) >= 11 is 6.50. The highest BCUT2D eigenvalue weighted by Crippen LogP contribution is 2.38. The number of hydrogen-bond donors (Lipinski definition) is 0. The number of imidazole rings is 1. The summed E-state index contributed by atoms with van der Waals surface area (Å²) in [5, 5.41) is 0.714. The van der Waals surface area contributed by atoms with Gasteiger partial charge in [0.1, 0.15) is 12.1 Å². The number of fused-ring (bicyclic) bond motifs is 2. The Morgan fingerprint density at radius 3 is 2.60 bits per heavy atom. The zero-order valence-corrected chi connectivity index (χ0v) is 28.0. The first kappa shape index (κ1) is 32.3. The Hall–Kier alpha value is -4.21. The lowest BCUT2D eigenvalue weighted by Gasteiger charge is -2.45. The van der Waals surface area contributed by atoms with Gasteiger partial charge in [-0.1, -0.05) is 54.1 Å². The van der Waals surface area contributed by atoms with Crippen LogP contribution in [0.4, 0.5) is 4.79 Å². The van der Waals surface area contributed by atoms with Crippen molar-refractivity contribution in [3.05, 3.63) is 119 Å². The van der Waals surface area contributed by atoms with Gasteiger partial charge in [-0.2, -0.15) is 0 Å². The predicted octanol–water partition coefficient (Wildman–Crippen LogP) is 6.30. The van der Waals surface area contributed by atoms with Crippen molar-refractivity contribution < 1.29 is 14.3 Å². The quantitative estimate of drug-likeness (QED) is 0.208. The van der Waals surface area contributed by atoms with Gasteiger partial charge >= 0.3 is 6.09 Å². The van der Waals surface area contributed by atoms with Gasteiger partial charge < -0.3 is 14.2 Å². The molecule has 0 bridgehead atoms. The van der Waals surface area contributed by atoms with Crippen LogP contribution in [-0.4, -0.2) is 79.6 Å². The van der Waals surface area contributed by atoms with Crippen molar-refractivity contribution in [2.45, 2.75) is 76.2 Å². The number of halogens is 1. The van der Waals surface area contributed by atoms with E-state index in [0.29, 0.717) is 37.7 Å². The molecule has 0 spiro atoms. The van der Waals surface area contributed by atoms with E-state index in [0.717, 1.165) is 68.3 Å². The number of carbonyl (C=O) groups is 2. The van der Waals surface area contributed by atoms with Crippen LogP contribution in [0.1, 0.15) is 66.1 Å². The largest absolute Gasteiger partial charge is 0.446 e. The first-order valence-electron chi connectivity index (χ1n) is 17.3. The summed E-state index contributed by atoms with van der Waals surface area (Å²) in [6, 6.07) is 19.5. The van der Waals surface area contributed by atoms with E-state index in [2.05, 4.69) is 28.1 Å². The molecule has 250 valence electrons. The molecule has 1 saturated carbocycles. The van der Waals surface area contributed by atoms with E-state index in [-0.39, 0.29) is 24.1 Å². The third-order valence-electron chi connectivity index (χ3n) is 10.0. The topological polar surface area (TPSA) is 83.8 Å². The Labute approximate surface area is 287 Å². The van der Waals surface area contributed by atoms with E-state index in [1.165, 1.54) is 11.1 Å². The number of piperazine rings is 1. The van der Waals surface area contributed by atoms with Gasteiger partial charge in [0.05, 0.1) is 18.1 Å². The lowest BCUT2D eigenvalue weighted by molar-refractivity contribution is -0.140. The number of aryl methyl sites for hydroxylation is 3. The summed E-state index contributed by atoms with van der Waals surface area (Å²) in [6.07, 6.45) is 13.3. The first-order valence-corrected chi connectivity index (χ1v) is 17.6. The molecule has 2 fully saturated rings. The Kier molecular flexibility index (Phi) is 10.0. The Morgan fingerprint density at radius 2 is 1.79 bits per heavy atom. The third-order valence-corrected chi connectivity index (χ3v) is 10.3. The van der Waals surface area contributed by atoms with E-state index >= 15 is 0 Å². The summed E-state index contributed by atoms with van der Waals surface area (Å²) in [5.41, 5.74) is 5.61. The maximum absolute atomic E-state index is 14.9. The standard InChI is InChI=1S/C38H43ClN6O3/c39-31-15-16-33-30(24-31)14-13-29-10-6-17-41-35(29)36(33)43-22-23-45(38(47)48-32-11-4-5-12-32)34(26-43)37(46)44(25-28-8-2-1-3-9-28)20-7-19-42-21-18-40-27-42/h1-3,6,8-10,15-18,21,24,27,32,34,36H,4-5,7,11-14,19-20,22-23,25-26H2/t34-,36-/m1/s1. The van der Waals surface area contributed by atoms with Crippen molar-refractivity contribution in [1.29, 1.82) is 0 Å². The normalized spacial score (nSPS) is 19.7. The zero-order chi connectivity index (χ0) is 32.9. The van der Waals surface area contributed by atoms with Gasteiger partial charge in [-0.25, -0.2) is 9.78 Å². The molecule has 0 N–H and O–H groups in total. The number of hydrogen-bond acceptors (Lipinski definition) is 6. The monoisotopic (exact) mass is 666 g/mol. The number of carbonyl (C=O) groups excluding carboxylic acids is 2. The Bertz CT molecular complexity index is 1690. The molecule has 1 saturated heterocycles. The van der Waals surface area contributed by atoms with Crippen LogP contribution in [0.15, 0.2) is 85.6 Å². The van der Waals surface area contributed by atoms with Crippen LogP contribution < -0.4 is 0 Å². The maximum Gasteiger partial charge on any atom is 0.410 e. The molecule has 1 aliphatic heterocycles. The molecule has 3 aliphatic rings. The SMILES string of the molecule is O=C([C@H]1CN([C@@H]2c3ccc(Cl)cc3CCc3cccnc32)CCN1C(=O)OC1CCCC1)N(CCCn1ccnc1)Cc1ccccc1. The minimum Gasteiger partial charge on any atom is -0.446 e. The van der Waals surface area contributed by atoms with Crippen LogP contribution in [0, 0.1) is 0 Å². The van der Waals surface area contributed by atoms with E-state index in [1.807, 2.05) is 64.3 Å². The van der Waals surface area contributed by atoms with Gasteiger partial charge in [0.15, 0.2) is 0 Å². The molecule has 0 unspecified atom stereocenters. The molecule has 2 aromatic carbocycles. The van der Waals surface area contributed by atoms with Gasteiger partial charge in [-0.15, -0.1) is 0 Å². The number of rotatable bonds is 9. The van der Waals surface area contributed by atoms with Gasteiger partial charge in [-0.05, 0) is 85.4 Å². The number of ether oxygens (including phenoxy) is 1. The van der Waals surface area contributed by atoms with Crippen molar-refractivity contribution in [1.82, 2.24) is 29.2 Å². The Balaban J connectivity index is 1.21. The molecule has 48 heavy (non-hydrogen) atoms. The minimum absolute atomic E-state index is 0.0660. The molecule has 2 aliphatic carbocycles. The highest BCUT2D eigenvalue weighted by Gasteiger charge is 2.43. The fraction of sp³-hybridized carbons (Fsp3) is 0.421. The summed E-state index contributed by atoms with van der Waals surface area (Å²) < 4.78 is 8.07. The van der Waals surface area contributed by atoms with Crippen LogP contribution in [0.25, 0.3) is 0 Å². The van der Waals surface area contributed by atoms with E-state index in [1.54, 1.807) is 17.4 Å². The average molecular weight is 667 g/mol. The summed E-state index contributed by atoms with van der Waals surface area (Å²) in [5.74, 6) is -0.0660. The van der Waals surface area contributed by atoms with Crippen molar-refractivity contribution >= 4 is 23.6 Å². The molecule has 2 aromatic heterocycles. The molecule has 0 radical (unpaired) electrons. The van der Waals surface area contributed by atoms with Crippen molar-refractivity contribution in [3.8, 4) is 0 Å². The van der Waals surface area contributed by atoms with E-state index in [9.17, 15) is 9.59 Å². The second-order valence-corrected chi connectivity index (χ2v) is 13.6. The van der Waals surface area contributed by atoms with Gasteiger partial charge in [0.25, 0.3) is 0 Å². The number of nitrogens with zero attached hydrogens (tertiary/aromatic N) is 6. The molecule has 2 atom stereocenters. The zero-order valence-electron chi connectivity index (χ0n) is 27.3. The summed E-state index contributed by atoms with van der Waals surface area (Å²) in [4.78, 5) is 43.8. The lowest BCUT2D eigenvalue weighted by Crippen LogP contribution is -2.62. The van der Waals surface area contributed by atoms with Crippen molar-refractivity contribution in [2.75, 3.05) is 26.2 Å². The van der Waals surface area contributed by atoms with Gasteiger partial charge in [0.2, 0.25) is 5.91 Å². The molecular formula is C38H43ClN6O3. The van der Waals surface area contributed by atoms with Crippen molar-refractivity contribution in [3.63, 3.8) is 0 Å². The van der Waals surface area contributed by atoms with Crippen molar-refractivity contribution in [2.24, 2.45) is 0 Å². The fourth-order valence-corrected chi connectivity index (χ4v) is 7.78. The highest BCUT2D eigenvalue weighted by molar-refractivity contribution is 6.30. The number of pyridine rings is 1. The van der Waals surface area contributed by atoms with Crippen LogP contribution in [0.3, 0.4) is 0 Å². The smallest absolute Gasteiger partial charge is 0.410 e. The number of benzene rings is 2. The summed E-state index contributed by atoms with van der Waals surface area (Å²) in [7, 11) is 0. The van der Waals surface area contributed by atoms with Crippen LogP contribution in [-0.2, 0) is 35.5 Å². The van der Waals surface area contributed by atoms with E-state index < -0.39 is 6.04 Å². The summed E-state index contributed by atoms with van der Waals surface area (Å²) in [6.45, 7) is 3.09. The molecule has 10 heteroatoms. The number of amides is 2. The fourth-order valence-electron chi connectivity index (χ4n) is 7.58. The molecule has 3 heterocycles. The Morgan fingerprint density at radius 1 is 0.958 bits per heavy atom. The second-order valence-electron chi connectivity index (χ2n) is 13.2. The first-order chi connectivity index (χ1) is 23.5. The molecule has 2 amide bonds. The van der Waals surface area contributed by atoms with E-state index in [4.69, 9.17) is 21.3 Å². The maximum atomic E-state index is 14.9. The predicted molar refractivity (Wildman–Crippen MR) is 184 cm³/mol. The molecule has 4 aromatic rings. The second kappa shape index (κ2) is 14.9. The highest BCUT2D eigenvalue weighted by atomic mass is 35.5. The van der Waals surface area contributed by atoms with Gasteiger partial charge in [-0.3, -0.25) is 19.6 Å². The average Bonchev–Trinajstić information content (AvgIpc) is 3.80. The minimum atomic E-state index is -0.712. The molecule has 9 nitrogen and oxygen atoms in total. The van der Waals surface area contributed by atoms with Crippen LogP contribution in [0.5, 0.6) is 0 Å². The molecule has 7 rings (SSSR count). The number of aromatic nitrogens is 3. The third kappa shape index (κ3) is 7.27. The lowest BCUT2D eigenvalue weighted by atomic mass is 9.95. The van der Waals surface area contributed by atoms with Gasteiger partial charge in [0, 0.05) is 62.9 Å². The van der Waals surface area contributed by atoms with Crippen LogP contribution >= 0.6 is 11.6 Å². The van der Waals surface area contributed by atoms with Crippen LogP contribution in [0.2, 0.25) is 5.02 Å².